The molecule has 0 radical (unpaired) electrons. The van der Waals surface area contributed by atoms with Gasteiger partial charge in [-0.1, -0.05) is 66.7 Å². The highest BCUT2D eigenvalue weighted by Gasteiger charge is 2.23. The summed E-state index contributed by atoms with van der Waals surface area (Å²) in [5.74, 6) is -1.56. The number of nitro groups is 1. The highest BCUT2D eigenvalue weighted by Crippen LogP contribution is 2.30. The van der Waals surface area contributed by atoms with Gasteiger partial charge < -0.3 is 30.1 Å². The van der Waals surface area contributed by atoms with Crippen LogP contribution in [0.4, 0.5) is 10.5 Å². The molecule has 0 saturated heterocycles. The van der Waals surface area contributed by atoms with Gasteiger partial charge in [0.2, 0.25) is 0 Å². The SMILES string of the molecule is Cc1cccc2cc3cccc(C(=O)NCCCN(CCCNC(=O)c4cccc5cc6cccc(C)c6nc45)C(=O)OCc4c(OCCCC(=O)O)cccc4[N+](=O)[O-])c3nc12. The number of ether oxygens (including phenoxy) is 2. The predicted molar refractivity (Wildman–Crippen MR) is 239 cm³/mol. The first-order valence-electron chi connectivity index (χ1n) is 20.7. The van der Waals surface area contributed by atoms with Crippen molar-refractivity contribution in [1.29, 1.82) is 0 Å². The van der Waals surface area contributed by atoms with Gasteiger partial charge in [0, 0.05) is 60.2 Å². The van der Waals surface area contributed by atoms with E-state index in [1.165, 1.54) is 23.1 Å². The topological polar surface area (TPSA) is 203 Å². The Morgan fingerprint density at radius 1 is 0.683 bits per heavy atom. The summed E-state index contributed by atoms with van der Waals surface area (Å²) in [5.41, 5.74) is 5.28. The van der Waals surface area contributed by atoms with Crippen molar-refractivity contribution in [3.63, 3.8) is 0 Å². The van der Waals surface area contributed by atoms with Crippen molar-refractivity contribution in [3.8, 4) is 5.75 Å². The number of amides is 3. The molecular formula is C48H46N6O9. The van der Waals surface area contributed by atoms with E-state index in [9.17, 15) is 29.3 Å². The molecule has 0 bridgehead atoms. The zero-order chi connectivity index (χ0) is 44.5. The Hall–Kier alpha value is -7.68. The third-order valence-corrected chi connectivity index (χ3v) is 10.7. The van der Waals surface area contributed by atoms with Crippen molar-refractivity contribution in [2.24, 2.45) is 0 Å². The third kappa shape index (κ3) is 10.3. The Balaban J connectivity index is 1.03. The zero-order valence-electron chi connectivity index (χ0n) is 34.9. The van der Waals surface area contributed by atoms with Crippen molar-refractivity contribution < 1.29 is 38.7 Å². The van der Waals surface area contributed by atoms with E-state index in [1.807, 2.05) is 74.5 Å². The number of aromatic nitrogens is 2. The molecule has 0 unspecified atom stereocenters. The Kier molecular flexibility index (Phi) is 13.6. The van der Waals surface area contributed by atoms with Crippen LogP contribution in [0.2, 0.25) is 0 Å². The largest absolute Gasteiger partial charge is 0.493 e. The molecule has 15 heteroatoms. The number of fused-ring (bicyclic) bond motifs is 4. The molecule has 3 N–H and O–H groups in total. The first kappa shape index (κ1) is 43.4. The fraction of sp³-hybridized carbons (Fsp3) is 0.250. The second kappa shape index (κ2) is 19.8. The Labute approximate surface area is 362 Å². The standard InChI is InChI=1S/C48H46N6O9/c1-30-11-3-13-32-27-34-15-5-17-36(44(34)51-42(30)32)46(57)49-22-9-24-53(48(59)63-29-38-39(54(60)61)19-7-20-40(38)62-26-8-21-41(55)56)25-10-23-50-47(58)37-18-6-16-35-28-33-14-4-12-31(2)43(33)52-45(35)37/h3-7,11-20,27-28H,8-10,21-26,29H2,1-2H3,(H,49,57)(H,50,58)(H,55,56). The molecule has 0 aliphatic rings. The monoisotopic (exact) mass is 850 g/mol. The van der Waals surface area contributed by atoms with Crippen LogP contribution >= 0.6 is 0 Å². The molecule has 7 aromatic rings. The number of nitrogens with one attached hydrogen (secondary N) is 2. The van der Waals surface area contributed by atoms with E-state index < -0.39 is 23.6 Å². The molecule has 0 atom stereocenters. The van der Waals surface area contributed by atoms with E-state index in [1.54, 1.807) is 24.3 Å². The molecule has 2 heterocycles. The number of para-hydroxylation sites is 4. The van der Waals surface area contributed by atoms with E-state index >= 15 is 0 Å². The normalized spacial score (nSPS) is 11.1. The van der Waals surface area contributed by atoms with Crippen molar-refractivity contribution in [3.05, 3.63) is 141 Å². The molecule has 7 rings (SSSR count). The number of aliphatic carboxylic acids is 1. The summed E-state index contributed by atoms with van der Waals surface area (Å²) < 4.78 is 11.4. The maximum Gasteiger partial charge on any atom is 0.410 e. The number of carboxylic acids is 1. The van der Waals surface area contributed by atoms with Crippen molar-refractivity contribution in [2.75, 3.05) is 32.8 Å². The molecule has 5 aromatic carbocycles. The molecule has 0 spiro atoms. The van der Waals surface area contributed by atoms with Gasteiger partial charge in [-0.05, 0) is 74.6 Å². The van der Waals surface area contributed by atoms with Crippen LogP contribution < -0.4 is 15.4 Å². The van der Waals surface area contributed by atoms with Gasteiger partial charge in [-0.15, -0.1) is 0 Å². The molecule has 0 aliphatic heterocycles. The number of pyridine rings is 2. The lowest BCUT2D eigenvalue weighted by molar-refractivity contribution is -0.385. The first-order valence-corrected chi connectivity index (χ1v) is 20.7. The minimum absolute atomic E-state index is 0.0176. The molecular weight excluding hydrogens is 805 g/mol. The molecule has 63 heavy (non-hydrogen) atoms. The number of hydrogen-bond donors (Lipinski definition) is 3. The van der Waals surface area contributed by atoms with E-state index in [2.05, 4.69) is 10.6 Å². The molecule has 2 aromatic heterocycles. The summed E-state index contributed by atoms with van der Waals surface area (Å²) >= 11 is 0. The van der Waals surface area contributed by atoms with Crippen LogP contribution in [0.25, 0.3) is 43.6 Å². The van der Waals surface area contributed by atoms with E-state index in [0.717, 1.165) is 43.7 Å². The van der Waals surface area contributed by atoms with Gasteiger partial charge in [0.1, 0.15) is 17.9 Å². The number of nitro benzene ring substituents is 1. The second-order valence-corrected chi connectivity index (χ2v) is 15.1. The average Bonchev–Trinajstić information content (AvgIpc) is 3.27. The number of hydrogen-bond acceptors (Lipinski definition) is 10. The van der Waals surface area contributed by atoms with Crippen LogP contribution in [0.1, 0.15) is 63.1 Å². The van der Waals surface area contributed by atoms with Crippen LogP contribution in [-0.4, -0.2) is 81.6 Å². The zero-order valence-corrected chi connectivity index (χ0v) is 34.9. The maximum absolute atomic E-state index is 13.7. The van der Waals surface area contributed by atoms with Gasteiger partial charge >= 0.3 is 12.1 Å². The quantitative estimate of drug-likeness (QED) is 0.0324. The fourth-order valence-electron chi connectivity index (χ4n) is 7.50. The third-order valence-electron chi connectivity index (χ3n) is 10.7. The summed E-state index contributed by atoms with van der Waals surface area (Å²) in [7, 11) is 0. The number of carbonyl (C=O) groups excluding carboxylic acids is 3. The molecule has 0 saturated carbocycles. The summed E-state index contributed by atoms with van der Waals surface area (Å²) in [4.78, 5) is 74.2. The number of carbonyl (C=O) groups is 4. The lowest BCUT2D eigenvalue weighted by Gasteiger charge is -2.23. The van der Waals surface area contributed by atoms with E-state index in [4.69, 9.17) is 24.5 Å². The molecule has 0 aliphatic carbocycles. The molecule has 0 fully saturated rings. The van der Waals surface area contributed by atoms with Gasteiger partial charge in [0.25, 0.3) is 17.5 Å². The number of carboxylic acid groups (broad SMARTS) is 1. The summed E-state index contributed by atoms with van der Waals surface area (Å²) in [5, 5.41) is 30.5. The van der Waals surface area contributed by atoms with Crippen molar-refractivity contribution in [1.82, 2.24) is 25.5 Å². The average molecular weight is 851 g/mol. The number of nitrogens with zero attached hydrogens (tertiary/aromatic N) is 4. The Morgan fingerprint density at radius 2 is 1.17 bits per heavy atom. The van der Waals surface area contributed by atoms with E-state index in [0.29, 0.717) is 35.0 Å². The summed E-state index contributed by atoms with van der Waals surface area (Å²) in [6, 6.07) is 30.9. The Bertz CT molecular complexity index is 2740. The molecule has 322 valence electrons. The van der Waals surface area contributed by atoms with Crippen LogP contribution in [0.3, 0.4) is 0 Å². The van der Waals surface area contributed by atoms with Gasteiger partial charge in [-0.3, -0.25) is 24.5 Å². The lowest BCUT2D eigenvalue weighted by Crippen LogP contribution is -2.37. The minimum atomic E-state index is -1.00. The van der Waals surface area contributed by atoms with Crippen molar-refractivity contribution in [2.45, 2.75) is 46.1 Å². The van der Waals surface area contributed by atoms with Crippen LogP contribution in [-0.2, 0) is 16.1 Å². The van der Waals surface area contributed by atoms with Gasteiger partial charge in [0.15, 0.2) is 0 Å². The van der Waals surface area contributed by atoms with Crippen LogP contribution in [0, 0.1) is 24.0 Å². The highest BCUT2D eigenvalue weighted by molar-refractivity contribution is 6.09. The number of benzene rings is 5. The fourth-order valence-corrected chi connectivity index (χ4v) is 7.50. The smallest absolute Gasteiger partial charge is 0.410 e. The van der Waals surface area contributed by atoms with Gasteiger partial charge in [0.05, 0.1) is 44.7 Å². The predicted octanol–water partition coefficient (Wildman–Crippen LogP) is 8.44. The number of rotatable bonds is 18. The first-order chi connectivity index (χ1) is 30.5. The maximum atomic E-state index is 13.7. The number of aryl methyl sites for hydroxylation is 2. The minimum Gasteiger partial charge on any atom is -0.493 e. The van der Waals surface area contributed by atoms with Crippen molar-refractivity contribution >= 4 is 73.2 Å². The Morgan fingerprint density at radius 3 is 1.68 bits per heavy atom. The summed E-state index contributed by atoms with van der Waals surface area (Å²) in [6.07, 6.45) is -0.110. The van der Waals surface area contributed by atoms with Crippen LogP contribution in [0.5, 0.6) is 5.75 Å². The van der Waals surface area contributed by atoms with E-state index in [-0.39, 0.29) is 74.4 Å². The molecule has 3 amide bonds. The van der Waals surface area contributed by atoms with Crippen LogP contribution in [0.15, 0.2) is 103 Å². The van der Waals surface area contributed by atoms with Gasteiger partial charge in [-0.2, -0.15) is 0 Å². The van der Waals surface area contributed by atoms with Gasteiger partial charge in [-0.25, -0.2) is 14.8 Å². The summed E-state index contributed by atoms with van der Waals surface area (Å²) in [6.45, 7) is 4.09. The second-order valence-electron chi connectivity index (χ2n) is 15.1. The highest BCUT2D eigenvalue weighted by atomic mass is 16.6. The lowest BCUT2D eigenvalue weighted by atomic mass is 10.0. The molecule has 15 nitrogen and oxygen atoms in total.